The third-order valence-electron chi connectivity index (χ3n) is 3.18. The molecule has 0 amide bonds. The van der Waals surface area contributed by atoms with Crippen LogP contribution in [-0.4, -0.2) is 9.79 Å². The zero-order valence-corrected chi connectivity index (χ0v) is 13.8. The van der Waals surface area contributed by atoms with Crippen molar-refractivity contribution in [1.82, 2.24) is 0 Å². The Kier molecular flexibility index (Phi) is 4.66. The van der Waals surface area contributed by atoms with E-state index in [1.807, 2.05) is 12.1 Å². The summed E-state index contributed by atoms with van der Waals surface area (Å²) in [4.78, 5) is 18.1. The lowest BCUT2D eigenvalue weighted by Crippen LogP contribution is -2.19. The topological polar surface area (TPSA) is 49.7 Å². The molecule has 1 rings (SSSR count). The fourth-order valence-corrected chi connectivity index (χ4v) is 2.69. The summed E-state index contributed by atoms with van der Waals surface area (Å²) < 4.78 is 5.12. The number of hydrogen-bond donors (Lipinski definition) is 2. The van der Waals surface area contributed by atoms with Gasteiger partial charge in [0.25, 0.3) is 0 Å². The molecule has 0 saturated heterocycles. The van der Waals surface area contributed by atoms with Gasteiger partial charge >= 0.3 is 8.60 Å². The first-order chi connectivity index (χ1) is 8.43. The first-order valence-corrected chi connectivity index (χ1v) is 7.61. The summed E-state index contributed by atoms with van der Waals surface area (Å²) in [7, 11) is -2.38. The van der Waals surface area contributed by atoms with E-state index in [0.29, 0.717) is 5.75 Å². The van der Waals surface area contributed by atoms with Gasteiger partial charge in [-0.3, -0.25) is 0 Å². The summed E-state index contributed by atoms with van der Waals surface area (Å²) >= 11 is 0. The highest BCUT2D eigenvalue weighted by Crippen LogP contribution is 2.39. The van der Waals surface area contributed by atoms with Crippen molar-refractivity contribution in [3.05, 3.63) is 28.8 Å². The highest BCUT2D eigenvalue weighted by atomic mass is 31.2. The van der Waals surface area contributed by atoms with E-state index >= 15 is 0 Å². The molecule has 0 aliphatic heterocycles. The van der Waals surface area contributed by atoms with Crippen molar-refractivity contribution in [3.63, 3.8) is 0 Å². The summed E-state index contributed by atoms with van der Waals surface area (Å²) in [5, 5.41) is 0. The predicted octanol–water partition coefficient (Wildman–Crippen LogP) is 4.18. The molecule has 0 unspecified atom stereocenters. The van der Waals surface area contributed by atoms with Crippen molar-refractivity contribution in [1.29, 1.82) is 0 Å². The summed E-state index contributed by atoms with van der Waals surface area (Å²) in [5.41, 5.74) is 3.56. The zero-order chi connectivity index (χ0) is 15.0. The second-order valence-corrected chi connectivity index (χ2v) is 7.68. The molecule has 4 heteroatoms. The van der Waals surface area contributed by atoms with E-state index in [1.54, 1.807) is 0 Å². The maximum Gasteiger partial charge on any atom is 0.391 e. The van der Waals surface area contributed by atoms with Gasteiger partial charge in [0.1, 0.15) is 5.75 Å². The van der Waals surface area contributed by atoms with Gasteiger partial charge in [-0.05, 0) is 46.6 Å². The first-order valence-electron chi connectivity index (χ1n) is 6.44. The van der Waals surface area contributed by atoms with Crippen LogP contribution in [0, 0.1) is 6.92 Å². The highest BCUT2D eigenvalue weighted by molar-refractivity contribution is 7.39. The van der Waals surface area contributed by atoms with Crippen LogP contribution >= 0.6 is 8.60 Å². The third-order valence-corrected chi connectivity index (χ3v) is 3.56. The Morgan fingerprint density at radius 2 is 1.26 bits per heavy atom. The molecular formula is C15H25O3P. The Morgan fingerprint density at radius 1 is 0.895 bits per heavy atom. The van der Waals surface area contributed by atoms with E-state index in [1.165, 1.54) is 16.7 Å². The number of hydrogen-bond acceptors (Lipinski definition) is 3. The van der Waals surface area contributed by atoms with Crippen LogP contribution in [0.5, 0.6) is 5.75 Å². The van der Waals surface area contributed by atoms with Crippen LogP contribution in [0.3, 0.4) is 0 Å². The lowest BCUT2D eigenvalue weighted by atomic mass is 9.76. The third kappa shape index (κ3) is 4.17. The Morgan fingerprint density at radius 3 is 1.53 bits per heavy atom. The van der Waals surface area contributed by atoms with Crippen molar-refractivity contribution in [2.24, 2.45) is 0 Å². The quantitative estimate of drug-likeness (QED) is 0.801. The molecule has 1 aromatic carbocycles. The SMILES string of the molecule is Cc1c(C(C)(C)C)cc(OP(O)O)cc1C(C)(C)C. The van der Waals surface area contributed by atoms with E-state index in [4.69, 9.17) is 14.3 Å². The molecule has 108 valence electrons. The molecule has 19 heavy (non-hydrogen) atoms. The molecule has 0 heterocycles. The van der Waals surface area contributed by atoms with Crippen molar-refractivity contribution in [3.8, 4) is 5.75 Å². The van der Waals surface area contributed by atoms with Crippen LogP contribution < -0.4 is 4.52 Å². The van der Waals surface area contributed by atoms with Gasteiger partial charge in [-0.15, -0.1) is 0 Å². The minimum atomic E-state index is -2.38. The van der Waals surface area contributed by atoms with Crippen LogP contribution in [0.15, 0.2) is 12.1 Å². The second-order valence-electron chi connectivity index (χ2n) is 6.99. The number of rotatable bonds is 2. The normalized spacial score (nSPS) is 12.9. The molecule has 0 aliphatic carbocycles. The molecule has 0 spiro atoms. The van der Waals surface area contributed by atoms with E-state index in [-0.39, 0.29) is 10.8 Å². The molecule has 0 radical (unpaired) electrons. The molecular weight excluding hydrogens is 259 g/mol. The monoisotopic (exact) mass is 284 g/mol. The van der Waals surface area contributed by atoms with E-state index in [0.717, 1.165) is 0 Å². The van der Waals surface area contributed by atoms with Gasteiger partial charge in [0.05, 0.1) is 0 Å². The van der Waals surface area contributed by atoms with Gasteiger partial charge in [0.15, 0.2) is 0 Å². The average molecular weight is 284 g/mol. The molecule has 3 nitrogen and oxygen atoms in total. The standard InChI is InChI=1S/C15H25O3P/c1-10-12(14(2,3)4)8-11(18-19(16)17)9-13(10)15(5,6)7/h8-9,16-17H,1-7H3. The van der Waals surface area contributed by atoms with Gasteiger partial charge in [0.2, 0.25) is 0 Å². The van der Waals surface area contributed by atoms with Gasteiger partial charge < -0.3 is 14.3 Å². The van der Waals surface area contributed by atoms with Crippen LogP contribution in [-0.2, 0) is 10.8 Å². The summed E-state index contributed by atoms with van der Waals surface area (Å²) in [6.07, 6.45) is 0. The maximum atomic E-state index is 9.06. The Labute approximate surface area is 117 Å². The minimum Gasteiger partial charge on any atom is -0.427 e. The smallest absolute Gasteiger partial charge is 0.391 e. The Balaban J connectivity index is 3.48. The molecule has 0 saturated carbocycles. The second kappa shape index (κ2) is 5.40. The van der Waals surface area contributed by atoms with E-state index in [9.17, 15) is 0 Å². The highest BCUT2D eigenvalue weighted by Gasteiger charge is 2.25. The van der Waals surface area contributed by atoms with E-state index < -0.39 is 8.60 Å². The van der Waals surface area contributed by atoms with Gasteiger partial charge in [-0.1, -0.05) is 41.5 Å². The maximum absolute atomic E-state index is 9.06. The molecule has 0 aliphatic rings. The van der Waals surface area contributed by atoms with Crippen molar-refractivity contribution >= 4 is 8.60 Å². The lowest BCUT2D eigenvalue weighted by molar-refractivity contribution is 0.373. The minimum absolute atomic E-state index is 0.0167. The fraction of sp³-hybridized carbons (Fsp3) is 0.600. The summed E-state index contributed by atoms with van der Waals surface area (Å²) in [5.74, 6) is 0.525. The van der Waals surface area contributed by atoms with Crippen LogP contribution in [0.4, 0.5) is 0 Å². The summed E-state index contributed by atoms with van der Waals surface area (Å²) in [6.45, 7) is 15.0. The Bertz CT molecular complexity index is 418. The average Bonchev–Trinajstić information content (AvgIpc) is 2.16. The van der Waals surface area contributed by atoms with Crippen molar-refractivity contribution < 1.29 is 14.3 Å². The predicted molar refractivity (Wildman–Crippen MR) is 80.6 cm³/mol. The van der Waals surface area contributed by atoms with Gasteiger partial charge in [0, 0.05) is 0 Å². The lowest BCUT2D eigenvalue weighted by Gasteiger charge is -2.29. The van der Waals surface area contributed by atoms with Gasteiger partial charge in [-0.2, -0.15) is 0 Å². The molecule has 0 atom stereocenters. The first kappa shape index (κ1) is 16.4. The largest absolute Gasteiger partial charge is 0.427 e. The Hall–Kier alpha value is -0.630. The fourth-order valence-electron chi connectivity index (χ4n) is 2.39. The van der Waals surface area contributed by atoms with Crippen molar-refractivity contribution in [2.45, 2.75) is 59.3 Å². The molecule has 2 N–H and O–H groups in total. The molecule has 0 fully saturated rings. The zero-order valence-electron chi connectivity index (χ0n) is 12.9. The van der Waals surface area contributed by atoms with Crippen molar-refractivity contribution in [2.75, 3.05) is 0 Å². The van der Waals surface area contributed by atoms with Crippen LogP contribution in [0.2, 0.25) is 0 Å². The van der Waals surface area contributed by atoms with Crippen LogP contribution in [0.1, 0.15) is 58.2 Å². The van der Waals surface area contributed by atoms with E-state index in [2.05, 4.69) is 48.5 Å². The van der Waals surface area contributed by atoms with Gasteiger partial charge in [-0.25, -0.2) is 0 Å². The summed E-state index contributed by atoms with van der Waals surface area (Å²) in [6, 6.07) is 3.82. The molecule has 0 bridgehead atoms. The molecule has 1 aromatic rings. The molecule has 0 aromatic heterocycles. The number of benzene rings is 1. The van der Waals surface area contributed by atoms with Crippen LogP contribution in [0.25, 0.3) is 0 Å².